The first-order chi connectivity index (χ1) is 12.4. The molecule has 0 saturated heterocycles. The minimum absolute atomic E-state index is 0.0393. The minimum atomic E-state index is -4.59. The summed E-state index contributed by atoms with van der Waals surface area (Å²) >= 11 is 0. The molecule has 2 heterocycles. The summed E-state index contributed by atoms with van der Waals surface area (Å²) in [4.78, 5) is 31.7. The number of aromatic nitrogens is 3. The van der Waals surface area contributed by atoms with Crippen LogP contribution in [0.15, 0.2) is 64.4 Å². The fraction of sp³-hybridized carbons (Fsp3) is 0.0556. The van der Waals surface area contributed by atoms with Crippen molar-refractivity contribution >= 4 is 21.7 Å². The molecule has 4 rings (SSSR count). The minimum Gasteiger partial charge on any atom is -0.306 e. The summed E-state index contributed by atoms with van der Waals surface area (Å²) in [6.07, 6.45) is -1.69. The molecule has 0 spiro atoms. The number of pyridine rings is 1. The van der Waals surface area contributed by atoms with E-state index in [2.05, 4.69) is 9.97 Å². The molecule has 0 atom stereocenters. The Kier molecular flexibility index (Phi) is 3.43. The summed E-state index contributed by atoms with van der Waals surface area (Å²) in [5.74, 6) is 0. The normalized spacial score (nSPS) is 12.0. The molecule has 4 aromatic rings. The number of halogens is 3. The van der Waals surface area contributed by atoms with Crippen molar-refractivity contribution in [3.63, 3.8) is 0 Å². The molecule has 26 heavy (non-hydrogen) atoms. The number of aromatic amines is 1. The fourth-order valence-electron chi connectivity index (χ4n) is 2.89. The maximum atomic E-state index is 13.0. The van der Waals surface area contributed by atoms with Crippen LogP contribution in [-0.4, -0.2) is 14.5 Å². The van der Waals surface area contributed by atoms with E-state index in [1.54, 1.807) is 30.5 Å². The first kappa shape index (κ1) is 16.1. The number of alkyl halides is 3. The molecular weight excluding hydrogens is 347 g/mol. The number of hydrogen-bond donors (Lipinski definition) is 1. The Hall–Kier alpha value is -3.42. The Labute approximate surface area is 143 Å². The average Bonchev–Trinajstić information content (AvgIpc) is 2.61. The van der Waals surface area contributed by atoms with Crippen molar-refractivity contribution < 1.29 is 13.2 Å². The standard InChI is InChI=1S/C18H10F3N3O2/c19-18(20,21)11-5-6-14-13(7-11)16(25)24(17(26)23-14)15-9-22-8-10-3-1-2-4-12(10)15/h1-9H,(H,23,26). The lowest BCUT2D eigenvalue weighted by Crippen LogP contribution is -2.34. The van der Waals surface area contributed by atoms with E-state index in [1.165, 1.54) is 6.20 Å². The molecule has 0 unspecified atom stereocenters. The Morgan fingerprint density at radius 2 is 1.73 bits per heavy atom. The molecule has 0 fully saturated rings. The van der Waals surface area contributed by atoms with Gasteiger partial charge in [0.2, 0.25) is 0 Å². The van der Waals surface area contributed by atoms with E-state index in [0.717, 1.165) is 22.8 Å². The van der Waals surface area contributed by atoms with Crippen molar-refractivity contribution in [3.8, 4) is 5.69 Å². The smallest absolute Gasteiger partial charge is 0.306 e. The number of fused-ring (bicyclic) bond motifs is 2. The Bertz CT molecular complexity index is 1270. The van der Waals surface area contributed by atoms with Crippen LogP contribution in [0.3, 0.4) is 0 Å². The number of rotatable bonds is 1. The summed E-state index contributed by atoms with van der Waals surface area (Å²) in [5, 5.41) is 1.05. The molecule has 130 valence electrons. The summed E-state index contributed by atoms with van der Waals surface area (Å²) in [6.45, 7) is 0. The highest BCUT2D eigenvalue weighted by atomic mass is 19.4. The lowest BCUT2D eigenvalue weighted by Gasteiger charge is -2.11. The molecule has 8 heteroatoms. The van der Waals surface area contributed by atoms with Gasteiger partial charge in [-0.25, -0.2) is 9.36 Å². The maximum absolute atomic E-state index is 13.0. The summed E-state index contributed by atoms with van der Waals surface area (Å²) in [5.41, 5.74) is -2.31. The molecule has 1 N–H and O–H groups in total. The quantitative estimate of drug-likeness (QED) is 0.569. The Morgan fingerprint density at radius 1 is 0.962 bits per heavy atom. The van der Waals surface area contributed by atoms with Gasteiger partial charge in [-0.05, 0) is 18.2 Å². The molecule has 0 radical (unpaired) electrons. The molecule has 0 aliphatic rings. The number of benzene rings is 2. The second-order valence-electron chi connectivity index (χ2n) is 5.71. The Balaban J connectivity index is 2.10. The molecule has 0 saturated carbocycles. The molecular formula is C18H10F3N3O2. The van der Waals surface area contributed by atoms with Crippen LogP contribution in [0.2, 0.25) is 0 Å². The SMILES string of the molecule is O=c1[nH]c2ccc(C(F)(F)F)cc2c(=O)n1-c1cncc2ccccc12. The van der Waals surface area contributed by atoms with E-state index in [0.29, 0.717) is 10.8 Å². The highest BCUT2D eigenvalue weighted by Crippen LogP contribution is 2.30. The van der Waals surface area contributed by atoms with Gasteiger partial charge in [0.15, 0.2) is 0 Å². The van der Waals surface area contributed by atoms with Gasteiger partial charge in [0.05, 0.1) is 28.4 Å². The third kappa shape index (κ3) is 2.46. The van der Waals surface area contributed by atoms with Crippen molar-refractivity contribution in [1.82, 2.24) is 14.5 Å². The van der Waals surface area contributed by atoms with Crippen LogP contribution in [0, 0.1) is 0 Å². The van der Waals surface area contributed by atoms with Gasteiger partial charge in [-0.2, -0.15) is 13.2 Å². The number of hydrogen-bond acceptors (Lipinski definition) is 3. The van der Waals surface area contributed by atoms with Gasteiger partial charge in [-0.15, -0.1) is 0 Å². The zero-order valence-corrected chi connectivity index (χ0v) is 13.0. The van der Waals surface area contributed by atoms with Crippen molar-refractivity contribution in [2.75, 3.05) is 0 Å². The van der Waals surface area contributed by atoms with Gasteiger partial charge in [-0.1, -0.05) is 24.3 Å². The third-order valence-corrected chi connectivity index (χ3v) is 4.11. The zero-order chi connectivity index (χ0) is 18.5. The molecule has 0 aliphatic heterocycles. The van der Waals surface area contributed by atoms with Gasteiger partial charge in [0.1, 0.15) is 0 Å². The van der Waals surface area contributed by atoms with Crippen LogP contribution < -0.4 is 11.2 Å². The van der Waals surface area contributed by atoms with Gasteiger partial charge in [0.25, 0.3) is 5.56 Å². The lowest BCUT2D eigenvalue weighted by molar-refractivity contribution is -0.137. The van der Waals surface area contributed by atoms with Crippen LogP contribution in [0.4, 0.5) is 13.2 Å². The second kappa shape index (κ2) is 5.55. The fourth-order valence-corrected chi connectivity index (χ4v) is 2.89. The average molecular weight is 357 g/mol. The predicted molar refractivity (Wildman–Crippen MR) is 90.5 cm³/mol. The summed E-state index contributed by atoms with van der Waals surface area (Å²) in [6, 6.07) is 9.60. The summed E-state index contributed by atoms with van der Waals surface area (Å²) < 4.78 is 39.7. The largest absolute Gasteiger partial charge is 0.416 e. The highest BCUT2D eigenvalue weighted by molar-refractivity contribution is 5.89. The Morgan fingerprint density at radius 3 is 2.50 bits per heavy atom. The van der Waals surface area contributed by atoms with Crippen molar-refractivity contribution in [2.45, 2.75) is 6.18 Å². The van der Waals surface area contributed by atoms with Crippen LogP contribution >= 0.6 is 0 Å². The molecule has 0 aliphatic carbocycles. The molecule has 5 nitrogen and oxygen atoms in total. The molecule has 0 bridgehead atoms. The van der Waals surface area contributed by atoms with E-state index in [9.17, 15) is 22.8 Å². The van der Waals surface area contributed by atoms with Crippen LogP contribution in [-0.2, 0) is 6.18 Å². The van der Waals surface area contributed by atoms with Crippen LogP contribution in [0.25, 0.3) is 27.4 Å². The van der Waals surface area contributed by atoms with E-state index >= 15 is 0 Å². The molecule has 0 amide bonds. The number of nitrogens with one attached hydrogen (secondary N) is 1. The first-order valence-electron chi connectivity index (χ1n) is 7.56. The predicted octanol–water partition coefficient (Wildman–Crippen LogP) is 3.25. The van der Waals surface area contributed by atoms with Gasteiger partial charge in [0, 0.05) is 17.0 Å². The van der Waals surface area contributed by atoms with Gasteiger partial charge in [-0.3, -0.25) is 9.78 Å². The van der Waals surface area contributed by atoms with E-state index < -0.39 is 23.0 Å². The number of nitrogens with zero attached hydrogens (tertiary/aromatic N) is 2. The molecule has 2 aromatic heterocycles. The monoisotopic (exact) mass is 357 g/mol. The van der Waals surface area contributed by atoms with Crippen LogP contribution in [0.5, 0.6) is 0 Å². The van der Waals surface area contributed by atoms with Gasteiger partial charge >= 0.3 is 11.9 Å². The number of H-pyrrole nitrogens is 1. The van der Waals surface area contributed by atoms with Gasteiger partial charge < -0.3 is 4.98 Å². The summed E-state index contributed by atoms with van der Waals surface area (Å²) in [7, 11) is 0. The van der Waals surface area contributed by atoms with Crippen molar-refractivity contribution in [2.24, 2.45) is 0 Å². The van der Waals surface area contributed by atoms with Crippen molar-refractivity contribution in [3.05, 3.63) is 81.3 Å². The van der Waals surface area contributed by atoms with E-state index in [1.807, 2.05) is 0 Å². The van der Waals surface area contributed by atoms with Crippen LogP contribution in [0.1, 0.15) is 5.56 Å². The molecule has 2 aromatic carbocycles. The first-order valence-corrected chi connectivity index (χ1v) is 7.56. The second-order valence-corrected chi connectivity index (χ2v) is 5.71. The van der Waals surface area contributed by atoms with Crippen molar-refractivity contribution in [1.29, 1.82) is 0 Å². The lowest BCUT2D eigenvalue weighted by atomic mass is 10.1. The third-order valence-electron chi connectivity index (χ3n) is 4.11. The maximum Gasteiger partial charge on any atom is 0.416 e. The van der Waals surface area contributed by atoms with E-state index in [-0.39, 0.29) is 16.6 Å². The zero-order valence-electron chi connectivity index (χ0n) is 13.0. The van der Waals surface area contributed by atoms with E-state index in [4.69, 9.17) is 0 Å². The highest BCUT2D eigenvalue weighted by Gasteiger charge is 2.31. The topological polar surface area (TPSA) is 67.8 Å².